The van der Waals surface area contributed by atoms with Crippen molar-refractivity contribution in [2.45, 2.75) is 6.04 Å². The summed E-state index contributed by atoms with van der Waals surface area (Å²) in [5, 5.41) is 8.85. The topological polar surface area (TPSA) is 83.9 Å². The quantitative estimate of drug-likeness (QED) is 0.794. The second-order valence-corrected chi connectivity index (χ2v) is 4.73. The summed E-state index contributed by atoms with van der Waals surface area (Å²) in [6.45, 7) is -0.182. The van der Waals surface area contributed by atoms with Gasteiger partial charge in [0.2, 0.25) is 0 Å². The molecule has 1 saturated heterocycles. The average molecular weight is 243 g/mol. The molecule has 0 aliphatic carbocycles. The monoisotopic (exact) mass is 243 g/mol. The second kappa shape index (κ2) is 3.76. The Balaban J connectivity index is 2.41. The Hall–Kier alpha value is -1.60. The molecule has 0 saturated carbocycles. The van der Waals surface area contributed by atoms with Crippen LogP contribution in [0.25, 0.3) is 0 Å². The highest BCUT2D eigenvalue weighted by molar-refractivity contribution is 7.85. The molecule has 1 aliphatic heterocycles. The van der Waals surface area contributed by atoms with Gasteiger partial charge in [-0.1, -0.05) is 30.3 Å². The van der Waals surface area contributed by atoms with Gasteiger partial charge in [-0.15, -0.1) is 0 Å². The summed E-state index contributed by atoms with van der Waals surface area (Å²) < 4.78 is 27.5. The largest absolute Gasteiger partial charge is 0.464 e. The van der Waals surface area contributed by atoms with Crippen LogP contribution >= 0.6 is 0 Å². The zero-order valence-electron chi connectivity index (χ0n) is 8.11. The number of hydrogen-bond donors (Lipinski definition) is 1. The zero-order chi connectivity index (χ0) is 11.8. The van der Waals surface area contributed by atoms with E-state index in [9.17, 15) is 13.2 Å². The molecule has 0 spiro atoms. The van der Waals surface area contributed by atoms with E-state index in [1.165, 1.54) is 0 Å². The fourth-order valence-corrected chi connectivity index (χ4v) is 2.67. The molecule has 1 atom stereocenters. The smallest absolute Gasteiger partial charge is 0.423 e. The lowest BCUT2D eigenvalue weighted by atomic mass is 10.1. The summed E-state index contributed by atoms with van der Waals surface area (Å²) >= 11 is 0. The molecule has 7 heteroatoms. The molecule has 1 aromatic carbocycles. The lowest BCUT2D eigenvalue weighted by molar-refractivity contribution is 0.164. The van der Waals surface area contributed by atoms with Crippen LogP contribution in [0.4, 0.5) is 4.79 Å². The SMILES string of the molecule is O=C(O)N1[C@H](c2ccccc2)COS1(=O)=O. The molecule has 86 valence electrons. The minimum atomic E-state index is -4.15. The summed E-state index contributed by atoms with van der Waals surface area (Å²) in [6, 6.07) is 7.69. The molecule has 1 heterocycles. The highest BCUT2D eigenvalue weighted by atomic mass is 32.2. The second-order valence-electron chi connectivity index (χ2n) is 3.25. The van der Waals surface area contributed by atoms with Crippen molar-refractivity contribution in [3.05, 3.63) is 35.9 Å². The molecule has 1 aromatic rings. The van der Waals surface area contributed by atoms with E-state index in [1.54, 1.807) is 30.3 Å². The summed E-state index contributed by atoms with van der Waals surface area (Å²) in [4.78, 5) is 10.9. The predicted octanol–water partition coefficient (Wildman–Crippen LogP) is 0.983. The lowest BCUT2D eigenvalue weighted by Crippen LogP contribution is -2.33. The number of hydrogen-bond acceptors (Lipinski definition) is 4. The Labute approximate surface area is 92.3 Å². The minimum absolute atomic E-state index is 0.182. The molecule has 1 amide bonds. The third-order valence-corrected chi connectivity index (χ3v) is 3.60. The minimum Gasteiger partial charge on any atom is -0.464 e. The summed E-state index contributed by atoms with van der Waals surface area (Å²) in [5.41, 5.74) is 0.589. The van der Waals surface area contributed by atoms with Crippen molar-refractivity contribution < 1.29 is 22.5 Å². The zero-order valence-corrected chi connectivity index (χ0v) is 8.92. The molecule has 1 fully saturated rings. The maximum atomic E-state index is 11.3. The molecule has 1 aliphatic rings. The van der Waals surface area contributed by atoms with Crippen LogP contribution in [-0.2, 0) is 14.5 Å². The van der Waals surface area contributed by atoms with Crippen molar-refractivity contribution in [3.8, 4) is 0 Å². The Morgan fingerprint density at radius 1 is 1.38 bits per heavy atom. The van der Waals surface area contributed by atoms with E-state index in [4.69, 9.17) is 5.11 Å². The first-order valence-corrected chi connectivity index (χ1v) is 5.85. The highest BCUT2D eigenvalue weighted by Gasteiger charge is 2.43. The molecule has 0 unspecified atom stereocenters. The molecule has 2 rings (SSSR count). The van der Waals surface area contributed by atoms with E-state index in [-0.39, 0.29) is 6.61 Å². The fraction of sp³-hybridized carbons (Fsp3) is 0.222. The molecule has 16 heavy (non-hydrogen) atoms. The summed E-state index contributed by atoms with van der Waals surface area (Å²) in [7, 11) is -4.15. The van der Waals surface area contributed by atoms with Crippen molar-refractivity contribution in [2.24, 2.45) is 0 Å². The van der Waals surface area contributed by atoms with E-state index < -0.39 is 22.4 Å². The Bertz CT molecular complexity index is 498. The van der Waals surface area contributed by atoms with E-state index in [1.807, 2.05) is 0 Å². The highest BCUT2D eigenvalue weighted by Crippen LogP contribution is 2.31. The van der Waals surface area contributed by atoms with Gasteiger partial charge in [0.15, 0.2) is 0 Å². The van der Waals surface area contributed by atoms with Crippen LogP contribution in [0.3, 0.4) is 0 Å². The third kappa shape index (κ3) is 1.74. The maximum absolute atomic E-state index is 11.3. The van der Waals surface area contributed by atoms with Crippen molar-refractivity contribution >= 4 is 16.4 Å². The van der Waals surface area contributed by atoms with Crippen LogP contribution in [0.15, 0.2) is 30.3 Å². The van der Waals surface area contributed by atoms with E-state index >= 15 is 0 Å². The van der Waals surface area contributed by atoms with Crippen molar-refractivity contribution in [1.82, 2.24) is 4.31 Å². The van der Waals surface area contributed by atoms with E-state index in [0.717, 1.165) is 0 Å². The standard InChI is InChI=1S/C9H9NO5S/c11-9(12)10-8(6-15-16(10,13)14)7-4-2-1-3-5-7/h1-5,8H,6H2,(H,11,12)/t8-/m0/s1. The first kappa shape index (κ1) is 10.9. The van der Waals surface area contributed by atoms with Crippen molar-refractivity contribution in [3.63, 3.8) is 0 Å². The van der Waals surface area contributed by atoms with Gasteiger partial charge in [-0.2, -0.15) is 12.7 Å². The number of carboxylic acid groups (broad SMARTS) is 1. The van der Waals surface area contributed by atoms with Gasteiger partial charge in [0, 0.05) is 0 Å². The molecule has 6 nitrogen and oxygen atoms in total. The first-order chi connectivity index (χ1) is 7.52. The van der Waals surface area contributed by atoms with Crippen LogP contribution in [0.2, 0.25) is 0 Å². The van der Waals surface area contributed by atoms with Crippen LogP contribution in [0.1, 0.15) is 11.6 Å². The molecular formula is C9H9NO5S. The lowest BCUT2D eigenvalue weighted by Gasteiger charge is -2.17. The number of benzene rings is 1. The van der Waals surface area contributed by atoms with Crippen molar-refractivity contribution in [1.29, 1.82) is 0 Å². The van der Waals surface area contributed by atoms with Crippen LogP contribution in [0, 0.1) is 0 Å². The van der Waals surface area contributed by atoms with Gasteiger partial charge in [-0.05, 0) is 5.56 Å². The van der Waals surface area contributed by atoms with Crippen LogP contribution in [-0.4, -0.2) is 30.5 Å². The average Bonchev–Trinajstić information content (AvgIpc) is 2.55. The normalized spacial score (nSPS) is 23.2. The first-order valence-electron chi connectivity index (χ1n) is 4.49. The predicted molar refractivity (Wildman–Crippen MR) is 53.9 cm³/mol. The Morgan fingerprint density at radius 3 is 2.56 bits per heavy atom. The molecule has 0 aromatic heterocycles. The molecule has 0 bridgehead atoms. The van der Waals surface area contributed by atoms with Gasteiger partial charge in [0.1, 0.15) is 6.04 Å². The van der Waals surface area contributed by atoms with Gasteiger partial charge in [0.05, 0.1) is 6.61 Å². The summed E-state index contributed by atoms with van der Waals surface area (Å²) in [6.07, 6.45) is -1.54. The number of carbonyl (C=O) groups is 1. The van der Waals surface area contributed by atoms with Gasteiger partial charge in [-0.25, -0.2) is 4.79 Å². The molecule has 0 radical (unpaired) electrons. The van der Waals surface area contributed by atoms with Gasteiger partial charge >= 0.3 is 16.4 Å². The van der Waals surface area contributed by atoms with Gasteiger partial charge in [-0.3, -0.25) is 4.18 Å². The van der Waals surface area contributed by atoms with Gasteiger partial charge in [0.25, 0.3) is 0 Å². The number of amides is 1. The van der Waals surface area contributed by atoms with Gasteiger partial charge < -0.3 is 5.11 Å². The van der Waals surface area contributed by atoms with E-state index in [0.29, 0.717) is 9.87 Å². The maximum Gasteiger partial charge on any atom is 0.423 e. The third-order valence-electron chi connectivity index (χ3n) is 2.27. The van der Waals surface area contributed by atoms with Crippen LogP contribution in [0.5, 0.6) is 0 Å². The number of nitrogens with zero attached hydrogens (tertiary/aromatic N) is 1. The Kier molecular flexibility index (Phi) is 2.56. The summed E-state index contributed by atoms with van der Waals surface area (Å²) in [5.74, 6) is 0. The van der Waals surface area contributed by atoms with Crippen LogP contribution < -0.4 is 0 Å². The fourth-order valence-electron chi connectivity index (χ4n) is 1.57. The van der Waals surface area contributed by atoms with E-state index in [2.05, 4.69) is 4.18 Å². The molecule has 1 N–H and O–H groups in total. The van der Waals surface area contributed by atoms with Crippen molar-refractivity contribution in [2.75, 3.05) is 6.61 Å². The Morgan fingerprint density at radius 2 is 2.00 bits per heavy atom. The number of rotatable bonds is 1. The molecular weight excluding hydrogens is 234 g/mol.